The number of carbonyl (C=O) groups is 2. The number of urea groups is 1. The zero-order chi connectivity index (χ0) is 21.3. The quantitative estimate of drug-likeness (QED) is 0.699. The molecule has 1 aliphatic heterocycles. The molecular weight excluding hydrogens is 387 g/mol. The Bertz CT molecular complexity index is 1200. The highest BCUT2D eigenvalue weighted by atomic mass is 19.1. The van der Waals surface area contributed by atoms with Gasteiger partial charge in [-0.25, -0.2) is 9.18 Å². The normalized spacial score (nSPS) is 13.3. The van der Waals surface area contributed by atoms with Gasteiger partial charge in [-0.2, -0.15) is 0 Å². The highest BCUT2D eigenvalue weighted by Gasteiger charge is 2.23. The molecule has 1 aromatic heterocycles. The van der Waals surface area contributed by atoms with E-state index in [0.717, 1.165) is 11.3 Å². The first kappa shape index (κ1) is 19.4. The van der Waals surface area contributed by atoms with Gasteiger partial charge in [0.2, 0.25) is 0 Å². The lowest BCUT2D eigenvalue weighted by atomic mass is 10.1. The Morgan fingerprint density at radius 3 is 2.60 bits per heavy atom. The van der Waals surface area contributed by atoms with Crippen molar-refractivity contribution in [3.05, 3.63) is 88.1 Å². The standard InChI is InChI=1S/C22H19FN4O3/c1-14-12-15(5-8-19(14)27-11-9-24-22(27)30)21(29)25-18-7-6-16(13-17(18)23)26-10-3-2-4-20(26)28/h2-8,10,12-13H,9,11H2,1H3,(H,24,30)(H,25,29). The summed E-state index contributed by atoms with van der Waals surface area (Å²) in [5, 5.41) is 5.29. The summed E-state index contributed by atoms with van der Waals surface area (Å²) in [5.41, 5.74) is 1.92. The summed E-state index contributed by atoms with van der Waals surface area (Å²) in [6.07, 6.45) is 1.54. The number of nitrogens with one attached hydrogen (secondary N) is 2. The molecule has 0 spiro atoms. The minimum atomic E-state index is -0.654. The topological polar surface area (TPSA) is 83.4 Å². The van der Waals surface area contributed by atoms with Crippen LogP contribution in [-0.2, 0) is 0 Å². The average Bonchev–Trinajstić information content (AvgIpc) is 3.15. The van der Waals surface area contributed by atoms with E-state index in [1.807, 2.05) is 6.92 Å². The van der Waals surface area contributed by atoms with Crippen LogP contribution in [0.4, 0.5) is 20.6 Å². The van der Waals surface area contributed by atoms with Gasteiger partial charge in [-0.05, 0) is 48.9 Å². The molecule has 2 N–H and O–H groups in total. The minimum Gasteiger partial charge on any atom is -0.336 e. The number of aromatic nitrogens is 1. The fourth-order valence-corrected chi connectivity index (χ4v) is 3.39. The van der Waals surface area contributed by atoms with Crippen LogP contribution in [0.1, 0.15) is 15.9 Å². The van der Waals surface area contributed by atoms with Gasteiger partial charge in [-0.3, -0.25) is 19.1 Å². The molecule has 2 heterocycles. The summed E-state index contributed by atoms with van der Waals surface area (Å²) in [4.78, 5) is 38.0. The van der Waals surface area contributed by atoms with Crippen molar-refractivity contribution < 1.29 is 14.0 Å². The number of benzene rings is 2. The van der Waals surface area contributed by atoms with Crippen LogP contribution in [0.2, 0.25) is 0 Å². The smallest absolute Gasteiger partial charge is 0.322 e. The van der Waals surface area contributed by atoms with E-state index in [-0.39, 0.29) is 17.3 Å². The SMILES string of the molecule is Cc1cc(C(=O)Nc2ccc(-n3ccccc3=O)cc2F)ccc1N1CCNC1=O. The van der Waals surface area contributed by atoms with Crippen molar-refractivity contribution in [2.75, 3.05) is 23.3 Å². The van der Waals surface area contributed by atoms with E-state index in [2.05, 4.69) is 10.6 Å². The highest BCUT2D eigenvalue weighted by molar-refractivity contribution is 6.05. The fourth-order valence-electron chi connectivity index (χ4n) is 3.39. The summed E-state index contributed by atoms with van der Waals surface area (Å²) in [7, 11) is 0. The first-order valence-corrected chi connectivity index (χ1v) is 9.39. The first-order valence-electron chi connectivity index (χ1n) is 9.39. The van der Waals surface area contributed by atoms with Gasteiger partial charge in [-0.15, -0.1) is 0 Å². The zero-order valence-corrected chi connectivity index (χ0v) is 16.2. The summed E-state index contributed by atoms with van der Waals surface area (Å²) in [6, 6.07) is 13.6. The second-order valence-corrected chi connectivity index (χ2v) is 6.91. The Morgan fingerprint density at radius 2 is 1.93 bits per heavy atom. The number of hydrogen-bond donors (Lipinski definition) is 2. The molecule has 0 radical (unpaired) electrons. The van der Waals surface area contributed by atoms with E-state index < -0.39 is 11.7 Å². The highest BCUT2D eigenvalue weighted by Crippen LogP contribution is 2.24. The van der Waals surface area contributed by atoms with Gasteiger partial charge in [-0.1, -0.05) is 6.07 Å². The van der Waals surface area contributed by atoms with Crippen LogP contribution in [0, 0.1) is 12.7 Å². The molecule has 30 heavy (non-hydrogen) atoms. The summed E-state index contributed by atoms with van der Waals surface area (Å²) in [5.74, 6) is -1.13. The maximum atomic E-state index is 14.6. The number of amides is 3. The number of pyridine rings is 1. The molecule has 8 heteroatoms. The molecule has 2 aromatic carbocycles. The van der Waals surface area contributed by atoms with Crippen LogP contribution in [0.25, 0.3) is 5.69 Å². The molecule has 1 aliphatic rings. The molecule has 3 aromatic rings. The van der Waals surface area contributed by atoms with Crippen LogP contribution < -0.4 is 21.1 Å². The predicted molar refractivity (Wildman–Crippen MR) is 112 cm³/mol. The van der Waals surface area contributed by atoms with E-state index >= 15 is 0 Å². The van der Waals surface area contributed by atoms with Crippen LogP contribution in [-0.4, -0.2) is 29.6 Å². The molecule has 3 amide bonds. The Labute approximate surface area is 171 Å². The molecule has 0 unspecified atom stereocenters. The van der Waals surface area contributed by atoms with Crippen molar-refractivity contribution in [1.29, 1.82) is 0 Å². The molecule has 4 rings (SSSR count). The molecule has 1 saturated heterocycles. The number of anilines is 2. The van der Waals surface area contributed by atoms with Gasteiger partial charge in [0.05, 0.1) is 11.4 Å². The zero-order valence-electron chi connectivity index (χ0n) is 16.2. The predicted octanol–water partition coefficient (Wildman–Crippen LogP) is 3.07. The molecule has 7 nitrogen and oxygen atoms in total. The van der Waals surface area contributed by atoms with Gasteiger partial charge < -0.3 is 10.6 Å². The van der Waals surface area contributed by atoms with Crippen LogP contribution in [0.15, 0.2) is 65.6 Å². The van der Waals surface area contributed by atoms with Crippen molar-refractivity contribution in [2.45, 2.75) is 6.92 Å². The molecule has 0 atom stereocenters. The van der Waals surface area contributed by atoms with Gasteiger partial charge in [0, 0.05) is 42.7 Å². The van der Waals surface area contributed by atoms with Crippen LogP contribution in [0.5, 0.6) is 0 Å². The minimum absolute atomic E-state index is 0.00776. The maximum absolute atomic E-state index is 14.6. The van der Waals surface area contributed by atoms with Crippen LogP contribution in [0.3, 0.4) is 0 Å². The second-order valence-electron chi connectivity index (χ2n) is 6.91. The maximum Gasteiger partial charge on any atom is 0.322 e. The molecule has 0 saturated carbocycles. The number of hydrogen-bond acceptors (Lipinski definition) is 3. The van der Waals surface area contributed by atoms with Crippen LogP contribution >= 0.6 is 0 Å². The third-order valence-corrected chi connectivity index (χ3v) is 4.91. The fraction of sp³-hybridized carbons (Fsp3) is 0.136. The summed E-state index contributed by atoms with van der Waals surface area (Å²) in [6.45, 7) is 2.95. The molecule has 152 valence electrons. The molecule has 0 aliphatic carbocycles. The van der Waals surface area contributed by atoms with E-state index in [0.29, 0.717) is 24.3 Å². The number of halogens is 1. The number of rotatable bonds is 4. The van der Waals surface area contributed by atoms with Gasteiger partial charge in [0.1, 0.15) is 5.82 Å². The van der Waals surface area contributed by atoms with Crippen molar-refractivity contribution in [1.82, 2.24) is 9.88 Å². The van der Waals surface area contributed by atoms with E-state index in [1.54, 1.807) is 47.5 Å². The van der Waals surface area contributed by atoms with Crippen molar-refractivity contribution in [3.8, 4) is 5.69 Å². The first-order chi connectivity index (χ1) is 14.4. The Kier molecular flexibility index (Phi) is 5.05. The number of aryl methyl sites for hydroxylation is 1. The third-order valence-electron chi connectivity index (χ3n) is 4.91. The largest absolute Gasteiger partial charge is 0.336 e. The summed E-state index contributed by atoms with van der Waals surface area (Å²) >= 11 is 0. The molecular formula is C22H19FN4O3. The second kappa shape index (κ2) is 7.82. The molecule has 0 bridgehead atoms. The van der Waals surface area contributed by atoms with Crippen molar-refractivity contribution in [2.24, 2.45) is 0 Å². The lowest BCUT2D eigenvalue weighted by molar-refractivity contribution is 0.102. The summed E-state index contributed by atoms with van der Waals surface area (Å²) < 4.78 is 15.9. The monoisotopic (exact) mass is 406 g/mol. The van der Waals surface area contributed by atoms with Gasteiger partial charge >= 0.3 is 6.03 Å². The number of nitrogens with zero attached hydrogens (tertiary/aromatic N) is 2. The number of carbonyl (C=O) groups excluding carboxylic acids is 2. The van der Waals surface area contributed by atoms with Gasteiger partial charge in [0.25, 0.3) is 11.5 Å². The Balaban J connectivity index is 1.54. The van der Waals surface area contributed by atoms with E-state index in [4.69, 9.17) is 0 Å². The van der Waals surface area contributed by atoms with Gasteiger partial charge in [0.15, 0.2) is 0 Å². The molecule has 1 fully saturated rings. The Morgan fingerprint density at radius 1 is 1.10 bits per heavy atom. The third kappa shape index (κ3) is 3.67. The van der Waals surface area contributed by atoms with Crippen molar-refractivity contribution >= 4 is 23.3 Å². The lowest BCUT2D eigenvalue weighted by Crippen LogP contribution is -2.28. The average molecular weight is 406 g/mol. The Hall–Kier alpha value is -3.94. The van der Waals surface area contributed by atoms with Crippen molar-refractivity contribution in [3.63, 3.8) is 0 Å². The van der Waals surface area contributed by atoms with E-state index in [1.165, 1.54) is 22.8 Å². The lowest BCUT2D eigenvalue weighted by Gasteiger charge is -2.17. The van der Waals surface area contributed by atoms with E-state index in [9.17, 15) is 18.8 Å².